The van der Waals surface area contributed by atoms with E-state index in [-0.39, 0.29) is 0 Å². The van der Waals surface area contributed by atoms with Crippen LogP contribution in [0.25, 0.3) is 0 Å². The van der Waals surface area contributed by atoms with Gasteiger partial charge in [0.2, 0.25) is 0 Å². The van der Waals surface area contributed by atoms with Crippen molar-refractivity contribution in [3.8, 4) is 0 Å². The molecule has 1 saturated heterocycles. The number of rotatable bonds is 1. The molecule has 2 radical (unpaired) electrons. The second-order valence-electron chi connectivity index (χ2n) is 3.32. The molecule has 0 atom stereocenters. The fraction of sp³-hybridized carbons (Fsp3) is 1.00. The molecule has 0 unspecified atom stereocenters. The van der Waals surface area contributed by atoms with Crippen LogP contribution in [0.3, 0.4) is 0 Å². The van der Waals surface area contributed by atoms with Gasteiger partial charge < -0.3 is 0 Å². The van der Waals surface area contributed by atoms with Crippen molar-refractivity contribution in [2.75, 3.05) is 26.7 Å². The fourth-order valence-electron chi connectivity index (χ4n) is 1.22. The van der Waals surface area contributed by atoms with Crippen molar-refractivity contribution in [2.24, 2.45) is 0 Å². The van der Waals surface area contributed by atoms with Gasteiger partial charge in [-0.2, -0.15) is 0 Å². The minimum atomic E-state index is 0.345. The van der Waals surface area contributed by atoms with Crippen LogP contribution in [0, 0.1) is 0 Å². The van der Waals surface area contributed by atoms with Gasteiger partial charge in [-0.05, 0) is 0 Å². The van der Waals surface area contributed by atoms with E-state index in [1.54, 1.807) is 0 Å². The van der Waals surface area contributed by atoms with Crippen molar-refractivity contribution in [1.82, 2.24) is 4.90 Å². The Morgan fingerprint density at radius 3 is 2.40 bits per heavy atom. The summed E-state index contributed by atoms with van der Waals surface area (Å²) in [6, 6.07) is 0. The minimum absolute atomic E-state index is 0.345. The molecule has 2 nitrogen and oxygen atoms in total. The molecule has 0 aromatic rings. The number of piperidine rings is 1. The Kier molecular flexibility index (Phi) is 3.01. The summed E-state index contributed by atoms with van der Waals surface area (Å²) < 4.78 is 0.345. The average Bonchev–Trinajstić information content (AvgIpc) is 1.96. The molecule has 3 heteroatoms. The molecule has 1 heterocycles. The molecule has 58 valence electrons. The van der Waals surface area contributed by atoms with E-state index < -0.39 is 0 Å². The van der Waals surface area contributed by atoms with Gasteiger partial charge in [-0.15, -0.1) is 0 Å². The van der Waals surface area contributed by atoms with Crippen molar-refractivity contribution in [3.63, 3.8) is 0 Å². The topological polar surface area (TPSA) is 23.5 Å². The first-order valence-electron chi connectivity index (χ1n) is 3.75. The van der Waals surface area contributed by atoms with Gasteiger partial charge >= 0.3 is 75.5 Å². The van der Waals surface area contributed by atoms with Crippen LogP contribution in [0.2, 0.25) is 3.43 Å². The number of likely N-dealkylation sites (tertiary alicyclic amines) is 1. The summed E-state index contributed by atoms with van der Waals surface area (Å²) in [6.07, 6.45) is 2.39. The van der Waals surface area contributed by atoms with Crippen LogP contribution in [0.15, 0.2) is 0 Å². The first kappa shape index (κ1) is 8.81. The van der Waals surface area contributed by atoms with E-state index in [0.717, 1.165) is 0 Å². The predicted octanol–water partition coefficient (Wildman–Crippen LogP) is -0.236. The first-order chi connectivity index (χ1) is 4.66. The summed E-state index contributed by atoms with van der Waals surface area (Å²) in [6.45, 7) is 2.74. The van der Waals surface area contributed by atoms with E-state index in [1.165, 1.54) is 48.5 Å². The van der Waals surface area contributed by atoms with E-state index in [4.69, 9.17) is 5.11 Å². The Bertz CT molecular complexity index is 110. The molecule has 0 bridgehead atoms. The van der Waals surface area contributed by atoms with Gasteiger partial charge in [0.05, 0.1) is 0 Å². The number of hydrogen-bond donors (Lipinski definition) is 1. The van der Waals surface area contributed by atoms with Gasteiger partial charge in [-0.3, -0.25) is 0 Å². The molecule has 0 saturated carbocycles. The molecule has 0 aromatic heterocycles. The molecule has 0 aromatic carbocycles. The Hall–Kier alpha value is 0.719. The molecule has 0 aliphatic carbocycles. The van der Waals surface area contributed by atoms with Crippen LogP contribution in [0.5, 0.6) is 0 Å². The molecule has 1 fully saturated rings. The molecular weight excluding hydrogens is 233 g/mol. The molecule has 1 rings (SSSR count). The van der Waals surface area contributed by atoms with Crippen molar-refractivity contribution >= 4 is 22.5 Å². The average molecular weight is 248 g/mol. The third kappa shape index (κ3) is 2.10. The van der Waals surface area contributed by atoms with Gasteiger partial charge in [-0.25, -0.2) is 0 Å². The van der Waals surface area contributed by atoms with E-state index in [9.17, 15) is 0 Å². The van der Waals surface area contributed by atoms with Crippen LogP contribution in [-0.4, -0.2) is 59.3 Å². The molecule has 1 aliphatic rings. The van der Waals surface area contributed by atoms with Crippen LogP contribution in [0.1, 0.15) is 12.8 Å². The molecule has 0 amide bonds. The quantitative estimate of drug-likeness (QED) is 0.647. The third-order valence-corrected chi connectivity index (χ3v) is 4.47. The zero-order valence-corrected chi connectivity index (χ0v) is 9.80. The van der Waals surface area contributed by atoms with E-state index in [2.05, 4.69) is 11.9 Å². The van der Waals surface area contributed by atoms with Crippen LogP contribution >= 0.6 is 0 Å². The summed E-state index contributed by atoms with van der Waals surface area (Å²) in [5.74, 6) is 0. The van der Waals surface area contributed by atoms with Gasteiger partial charge in [0.1, 0.15) is 0 Å². The molecule has 1 aliphatic heterocycles. The standard InChI is InChI=1S/C7H14NO.Sn.H/c1-8-4-2-7(6-9)3-5-8;;/h9H,2-6H2,1H3;;. The second kappa shape index (κ2) is 3.41. The van der Waals surface area contributed by atoms with Crippen molar-refractivity contribution in [3.05, 3.63) is 0 Å². The van der Waals surface area contributed by atoms with Crippen LogP contribution < -0.4 is 0 Å². The molecule has 1 N–H and O–H groups in total. The summed E-state index contributed by atoms with van der Waals surface area (Å²) in [7, 11) is 2.15. The van der Waals surface area contributed by atoms with Gasteiger partial charge in [0, 0.05) is 0 Å². The molecule has 10 heavy (non-hydrogen) atoms. The summed E-state index contributed by atoms with van der Waals surface area (Å²) in [4.78, 5) is 2.34. The summed E-state index contributed by atoms with van der Waals surface area (Å²) >= 11 is 1.21. The predicted molar refractivity (Wildman–Crippen MR) is 43.7 cm³/mol. The SMILES string of the molecule is CN1CC[C]([SnH])(CO)CC1. The number of aliphatic hydroxyl groups is 1. The Balaban J connectivity index is 2.38. The Morgan fingerprint density at radius 2 is 2.00 bits per heavy atom. The monoisotopic (exact) mass is 249 g/mol. The van der Waals surface area contributed by atoms with Crippen LogP contribution in [0.4, 0.5) is 0 Å². The summed E-state index contributed by atoms with van der Waals surface area (Å²) in [5, 5.41) is 9.05. The number of aliphatic hydroxyl groups excluding tert-OH is 1. The van der Waals surface area contributed by atoms with E-state index in [1.807, 2.05) is 0 Å². The van der Waals surface area contributed by atoms with E-state index in [0.29, 0.717) is 10.0 Å². The first-order valence-corrected chi connectivity index (χ1v) is 5.39. The summed E-state index contributed by atoms with van der Waals surface area (Å²) in [5.41, 5.74) is 0. The zero-order valence-electron chi connectivity index (χ0n) is 6.51. The van der Waals surface area contributed by atoms with Gasteiger partial charge in [0.25, 0.3) is 0 Å². The van der Waals surface area contributed by atoms with E-state index >= 15 is 0 Å². The maximum atomic E-state index is 9.05. The van der Waals surface area contributed by atoms with Crippen molar-refractivity contribution in [2.45, 2.75) is 16.3 Å². The zero-order chi connectivity index (χ0) is 7.61. The normalized spacial score (nSPS) is 26.7. The maximum absolute atomic E-state index is 9.05. The Labute approximate surface area is 75.7 Å². The molecule has 0 spiro atoms. The van der Waals surface area contributed by atoms with Gasteiger partial charge in [-0.1, -0.05) is 0 Å². The Morgan fingerprint density at radius 1 is 1.50 bits per heavy atom. The fourth-order valence-corrected chi connectivity index (χ4v) is 1.96. The number of nitrogens with zero attached hydrogens (tertiary/aromatic N) is 1. The second-order valence-corrected chi connectivity index (χ2v) is 6.82. The third-order valence-electron chi connectivity index (χ3n) is 2.30. The van der Waals surface area contributed by atoms with Crippen molar-refractivity contribution in [1.29, 1.82) is 0 Å². The molecular formula is C7H15NOSn. The van der Waals surface area contributed by atoms with Crippen LogP contribution in [-0.2, 0) is 0 Å². The number of hydrogen-bond acceptors (Lipinski definition) is 2. The van der Waals surface area contributed by atoms with Crippen molar-refractivity contribution < 1.29 is 5.11 Å². The van der Waals surface area contributed by atoms with Gasteiger partial charge in [0.15, 0.2) is 0 Å².